The van der Waals surface area contributed by atoms with Gasteiger partial charge in [0.1, 0.15) is 5.75 Å². The van der Waals surface area contributed by atoms with Crippen molar-refractivity contribution in [3.63, 3.8) is 0 Å². The van der Waals surface area contributed by atoms with Gasteiger partial charge in [0.05, 0.1) is 20.3 Å². The molecule has 0 saturated heterocycles. The lowest BCUT2D eigenvalue weighted by Gasteiger charge is -2.10. The highest BCUT2D eigenvalue weighted by molar-refractivity contribution is 6.01. The summed E-state index contributed by atoms with van der Waals surface area (Å²) < 4.78 is 16.6. The Labute approximate surface area is 167 Å². The van der Waals surface area contributed by atoms with Gasteiger partial charge in [0.25, 0.3) is 0 Å². The van der Waals surface area contributed by atoms with Crippen LogP contribution in [0.4, 0.5) is 5.69 Å². The molecular weight excluding hydrogens is 354 g/mol. The van der Waals surface area contributed by atoms with Crippen molar-refractivity contribution in [1.29, 1.82) is 0 Å². The summed E-state index contributed by atoms with van der Waals surface area (Å²) in [5.74, 6) is 1.95. The van der Waals surface area contributed by atoms with E-state index in [1.165, 1.54) is 6.08 Å². The molecule has 2 aromatic carbocycles. The van der Waals surface area contributed by atoms with Crippen LogP contribution in [0.1, 0.15) is 38.7 Å². The molecule has 0 aliphatic heterocycles. The van der Waals surface area contributed by atoms with Gasteiger partial charge in [0.15, 0.2) is 11.5 Å². The fraction of sp³-hybridized carbons (Fsp3) is 0.348. The van der Waals surface area contributed by atoms with E-state index in [0.717, 1.165) is 36.3 Å². The van der Waals surface area contributed by atoms with Crippen LogP contribution < -0.4 is 19.5 Å². The monoisotopic (exact) mass is 383 g/mol. The van der Waals surface area contributed by atoms with Crippen LogP contribution in [0.2, 0.25) is 0 Å². The Bertz CT molecular complexity index is 769. The van der Waals surface area contributed by atoms with E-state index in [0.29, 0.717) is 24.7 Å². The van der Waals surface area contributed by atoms with E-state index in [1.54, 1.807) is 13.2 Å². The van der Waals surface area contributed by atoms with E-state index < -0.39 is 0 Å². The van der Waals surface area contributed by atoms with Gasteiger partial charge in [-0.25, -0.2) is 0 Å². The summed E-state index contributed by atoms with van der Waals surface area (Å²) in [6.07, 6.45) is 6.29. The third-order valence-corrected chi connectivity index (χ3v) is 3.97. The number of benzene rings is 2. The van der Waals surface area contributed by atoms with Crippen LogP contribution in [-0.2, 0) is 4.79 Å². The third-order valence-electron chi connectivity index (χ3n) is 3.97. The van der Waals surface area contributed by atoms with Gasteiger partial charge in [0, 0.05) is 11.8 Å². The Hall–Kier alpha value is -2.95. The van der Waals surface area contributed by atoms with Crippen molar-refractivity contribution >= 4 is 17.7 Å². The Kier molecular flexibility index (Phi) is 8.92. The number of carbonyl (C=O) groups excluding carboxylic acids is 1. The number of hydrogen-bond acceptors (Lipinski definition) is 4. The van der Waals surface area contributed by atoms with E-state index >= 15 is 0 Å². The highest BCUT2D eigenvalue weighted by atomic mass is 16.5. The molecule has 0 bridgehead atoms. The normalized spacial score (nSPS) is 10.7. The van der Waals surface area contributed by atoms with Gasteiger partial charge in [0.2, 0.25) is 5.91 Å². The minimum absolute atomic E-state index is 0.204. The van der Waals surface area contributed by atoms with Crippen LogP contribution in [0, 0.1) is 0 Å². The number of amides is 1. The van der Waals surface area contributed by atoms with Crippen LogP contribution >= 0.6 is 0 Å². The van der Waals surface area contributed by atoms with E-state index in [1.807, 2.05) is 42.5 Å². The number of methoxy groups -OCH3 is 1. The Morgan fingerprint density at radius 3 is 2.43 bits per heavy atom. The van der Waals surface area contributed by atoms with Crippen LogP contribution in [0.3, 0.4) is 0 Å². The predicted molar refractivity (Wildman–Crippen MR) is 113 cm³/mol. The second kappa shape index (κ2) is 11.7. The summed E-state index contributed by atoms with van der Waals surface area (Å²) in [5, 5.41) is 2.84. The molecule has 0 aliphatic carbocycles. The molecule has 0 atom stereocenters. The lowest BCUT2D eigenvalue weighted by Crippen LogP contribution is -2.07. The van der Waals surface area contributed by atoms with Crippen molar-refractivity contribution in [2.24, 2.45) is 0 Å². The molecule has 28 heavy (non-hydrogen) atoms. The van der Waals surface area contributed by atoms with Gasteiger partial charge in [-0.2, -0.15) is 0 Å². The van der Waals surface area contributed by atoms with E-state index in [2.05, 4.69) is 19.2 Å². The Morgan fingerprint density at radius 2 is 1.75 bits per heavy atom. The summed E-state index contributed by atoms with van der Waals surface area (Å²) in [6, 6.07) is 13.0. The zero-order valence-corrected chi connectivity index (χ0v) is 16.9. The molecule has 2 aromatic rings. The molecule has 5 nitrogen and oxygen atoms in total. The third kappa shape index (κ3) is 6.99. The maximum Gasteiger partial charge on any atom is 0.248 e. The molecule has 0 saturated carbocycles. The first-order valence-corrected chi connectivity index (χ1v) is 9.69. The minimum atomic E-state index is -0.204. The number of anilines is 1. The summed E-state index contributed by atoms with van der Waals surface area (Å²) in [7, 11) is 1.60. The number of carbonyl (C=O) groups is 1. The zero-order chi connectivity index (χ0) is 20.2. The van der Waals surface area contributed by atoms with Gasteiger partial charge >= 0.3 is 0 Å². The molecule has 0 aromatic heterocycles. The predicted octanol–water partition coefficient (Wildman–Crippen LogP) is 5.31. The topological polar surface area (TPSA) is 56.8 Å². The average Bonchev–Trinajstić information content (AvgIpc) is 2.72. The molecule has 150 valence electrons. The van der Waals surface area contributed by atoms with Crippen molar-refractivity contribution < 1.29 is 19.0 Å². The maximum atomic E-state index is 12.2. The van der Waals surface area contributed by atoms with E-state index in [4.69, 9.17) is 14.2 Å². The number of rotatable bonds is 11. The summed E-state index contributed by atoms with van der Waals surface area (Å²) >= 11 is 0. The molecular formula is C23H29NO4. The molecule has 0 fully saturated rings. The van der Waals surface area contributed by atoms with Crippen LogP contribution in [-0.4, -0.2) is 26.2 Å². The molecule has 1 N–H and O–H groups in total. The SMILES string of the molecule is CCCCOc1ccc(NC(=O)C=Cc2ccc(OCCC)c(OC)c2)cc1. The van der Waals surface area contributed by atoms with Crippen LogP contribution in [0.25, 0.3) is 6.08 Å². The fourth-order valence-electron chi connectivity index (χ4n) is 2.44. The van der Waals surface area contributed by atoms with Gasteiger partial charge in [-0.1, -0.05) is 26.3 Å². The highest BCUT2D eigenvalue weighted by Gasteiger charge is 2.05. The first-order valence-electron chi connectivity index (χ1n) is 9.69. The van der Waals surface area contributed by atoms with Crippen molar-refractivity contribution in [2.45, 2.75) is 33.1 Å². The molecule has 0 spiro atoms. The molecule has 1 amide bonds. The highest BCUT2D eigenvalue weighted by Crippen LogP contribution is 2.28. The van der Waals surface area contributed by atoms with E-state index in [9.17, 15) is 4.79 Å². The van der Waals surface area contributed by atoms with Crippen molar-refractivity contribution in [2.75, 3.05) is 25.6 Å². The second-order valence-corrected chi connectivity index (χ2v) is 6.31. The zero-order valence-electron chi connectivity index (χ0n) is 16.9. The number of nitrogens with one attached hydrogen (secondary N) is 1. The second-order valence-electron chi connectivity index (χ2n) is 6.31. The summed E-state index contributed by atoms with van der Waals surface area (Å²) in [5.41, 5.74) is 1.58. The molecule has 5 heteroatoms. The molecule has 0 heterocycles. The summed E-state index contributed by atoms with van der Waals surface area (Å²) in [6.45, 7) is 5.52. The number of unbranched alkanes of at least 4 members (excludes halogenated alkanes) is 1. The van der Waals surface area contributed by atoms with Gasteiger partial charge in [-0.3, -0.25) is 4.79 Å². The standard InChI is InChI=1S/C23H29NO4/c1-4-6-16-27-20-11-9-19(10-12-20)24-23(25)14-8-18-7-13-21(28-15-5-2)22(17-18)26-3/h7-14,17H,4-6,15-16H2,1-3H3,(H,24,25). The summed E-state index contributed by atoms with van der Waals surface area (Å²) in [4.78, 5) is 12.2. The molecule has 0 unspecified atom stereocenters. The molecule has 0 radical (unpaired) electrons. The van der Waals surface area contributed by atoms with Crippen LogP contribution in [0.15, 0.2) is 48.5 Å². The quantitative estimate of drug-likeness (QED) is 0.422. The molecule has 2 rings (SSSR count). The first kappa shape index (κ1) is 21.4. The van der Waals surface area contributed by atoms with Crippen molar-refractivity contribution in [1.82, 2.24) is 0 Å². The number of ether oxygens (including phenoxy) is 3. The van der Waals surface area contributed by atoms with Crippen LogP contribution in [0.5, 0.6) is 17.2 Å². The smallest absolute Gasteiger partial charge is 0.248 e. The van der Waals surface area contributed by atoms with E-state index in [-0.39, 0.29) is 5.91 Å². The van der Waals surface area contributed by atoms with Crippen molar-refractivity contribution in [3.8, 4) is 17.2 Å². The van der Waals surface area contributed by atoms with Crippen molar-refractivity contribution in [3.05, 3.63) is 54.1 Å². The lowest BCUT2D eigenvalue weighted by molar-refractivity contribution is -0.111. The Morgan fingerprint density at radius 1 is 0.964 bits per heavy atom. The van der Waals surface area contributed by atoms with Gasteiger partial charge < -0.3 is 19.5 Å². The minimum Gasteiger partial charge on any atom is -0.494 e. The fourth-order valence-corrected chi connectivity index (χ4v) is 2.44. The number of hydrogen-bond donors (Lipinski definition) is 1. The maximum absolute atomic E-state index is 12.2. The lowest BCUT2D eigenvalue weighted by atomic mass is 10.2. The largest absolute Gasteiger partial charge is 0.494 e. The Balaban J connectivity index is 1.92. The molecule has 0 aliphatic rings. The van der Waals surface area contributed by atoms with Gasteiger partial charge in [-0.15, -0.1) is 0 Å². The first-order chi connectivity index (χ1) is 13.7. The van der Waals surface area contributed by atoms with Gasteiger partial charge in [-0.05, 0) is 60.9 Å². The average molecular weight is 383 g/mol.